The van der Waals surface area contributed by atoms with Crippen LogP contribution in [-0.2, 0) is 24.0 Å². The molecular formula is C15H26N4O7S2. The van der Waals surface area contributed by atoms with Crippen LogP contribution in [0.5, 0.6) is 0 Å². The van der Waals surface area contributed by atoms with Crippen LogP contribution in [0.1, 0.15) is 19.8 Å². The number of thiol groups is 1. The molecule has 11 nitrogen and oxygen atoms in total. The van der Waals surface area contributed by atoms with Crippen molar-refractivity contribution >= 4 is 54.1 Å². The van der Waals surface area contributed by atoms with Crippen molar-refractivity contribution in [2.45, 2.75) is 43.9 Å². The second-order valence-electron chi connectivity index (χ2n) is 5.86. The lowest BCUT2D eigenvalue weighted by molar-refractivity contribution is -0.142. The fourth-order valence-electron chi connectivity index (χ4n) is 1.88. The highest BCUT2D eigenvalue weighted by atomic mass is 32.2. The van der Waals surface area contributed by atoms with Gasteiger partial charge in [-0.2, -0.15) is 24.4 Å². The lowest BCUT2D eigenvalue weighted by Gasteiger charge is -2.23. The molecule has 4 unspecified atom stereocenters. The summed E-state index contributed by atoms with van der Waals surface area (Å²) in [5.41, 5.74) is 5.70. The van der Waals surface area contributed by atoms with Crippen LogP contribution < -0.4 is 21.7 Å². The zero-order valence-electron chi connectivity index (χ0n) is 15.5. The van der Waals surface area contributed by atoms with E-state index in [9.17, 15) is 24.0 Å². The summed E-state index contributed by atoms with van der Waals surface area (Å²) in [5, 5.41) is 24.5. The van der Waals surface area contributed by atoms with Crippen LogP contribution in [0.2, 0.25) is 0 Å². The van der Waals surface area contributed by atoms with Crippen LogP contribution in [0.15, 0.2) is 0 Å². The third kappa shape index (κ3) is 9.80. The van der Waals surface area contributed by atoms with Crippen molar-refractivity contribution < 1.29 is 34.2 Å². The minimum absolute atomic E-state index is 0.176. The van der Waals surface area contributed by atoms with Crippen LogP contribution in [0.3, 0.4) is 0 Å². The van der Waals surface area contributed by atoms with Gasteiger partial charge >= 0.3 is 11.9 Å². The van der Waals surface area contributed by atoms with Crippen molar-refractivity contribution in [3.8, 4) is 0 Å². The minimum Gasteiger partial charge on any atom is -0.481 e. The molecule has 160 valence electrons. The Bertz CT molecular complexity index is 591. The highest BCUT2D eigenvalue weighted by Gasteiger charge is 2.30. The fraction of sp³-hybridized carbons (Fsp3) is 0.667. The largest absolute Gasteiger partial charge is 0.481 e. The van der Waals surface area contributed by atoms with Gasteiger partial charge in [-0.3, -0.25) is 24.0 Å². The van der Waals surface area contributed by atoms with Gasteiger partial charge in [0.15, 0.2) is 0 Å². The molecule has 0 spiro atoms. The Morgan fingerprint density at radius 3 is 2.00 bits per heavy atom. The van der Waals surface area contributed by atoms with Gasteiger partial charge in [0.25, 0.3) is 0 Å². The number of carboxylic acid groups (broad SMARTS) is 2. The van der Waals surface area contributed by atoms with E-state index in [-0.39, 0.29) is 5.75 Å². The molecule has 4 atom stereocenters. The van der Waals surface area contributed by atoms with Crippen molar-refractivity contribution in [1.82, 2.24) is 16.0 Å². The van der Waals surface area contributed by atoms with Crippen molar-refractivity contribution in [1.29, 1.82) is 0 Å². The zero-order chi connectivity index (χ0) is 21.9. The second-order valence-corrected chi connectivity index (χ2v) is 7.21. The number of hydrogen-bond donors (Lipinski definition) is 7. The van der Waals surface area contributed by atoms with Gasteiger partial charge in [-0.25, -0.2) is 0 Å². The van der Waals surface area contributed by atoms with Crippen LogP contribution in [0.25, 0.3) is 0 Å². The van der Waals surface area contributed by atoms with Crippen LogP contribution in [0, 0.1) is 0 Å². The Hall–Kier alpha value is -1.99. The fourth-order valence-corrected chi connectivity index (χ4v) is 2.63. The van der Waals surface area contributed by atoms with E-state index in [1.54, 1.807) is 0 Å². The third-order valence-electron chi connectivity index (χ3n) is 3.53. The molecular weight excluding hydrogens is 412 g/mol. The minimum atomic E-state index is -1.46. The molecule has 0 aromatic carbocycles. The van der Waals surface area contributed by atoms with E-state index in [0.29, 0.717) is 12.2 Å². The highest BCUT2D eigenvalue weighted by Crippen LogP contribution is 2.02. The van der Waals surface area contributed by atoms with Gasteiger partial charge < -0.3 is 31.9 Å². The Morgan fingerprint density at radius 1 is 1.00 bits per heavy atom. The molecule has 0 heterocycles. The van der Waals surface area contributed by atoms with Gasteiger partial charge in [-0.15, -0.1) is 0 Å². The molecule has 0 saturated heterocycles. The second kappa shape index (κ2) is 13.2. The molecule has 28 heavy (non-hydrogen) atoms. The summed E-state index contributed by atoms with van der Waals surface area (Å²) < 4.78 is 0. The number of nitrogens with one attached hydrogen (secondary N) is 3. The maximum Gasteiger partial charge on any atom is 0.325 e. The number of thioether (sulfide) groups is 1. The standard InChI is InChI=1S/C15H26N4O7S2/c1-7(15(25)26)17-14(24)10(6-27)19-13(23)9(5-11(20)21)18-12(22)8(16)3-4-28-2/h7-10,27H,3-6,16H2,1-2H3,(H,17,24)(H,18,22)(H,19,23)(H,20,21)(H,25,26). The number of carboxylic acids is 2. The smallest absolute Gasteiger partial charge is 0.325 e. The lowest BCUT2D eigenvalue weighted by atomic mass is 10.1. The summed E-state index contributed by atoms with van der Waals surface area (Å²) in [5.74, 6) is -4.61. The molecule has 0 saturated carbocycles. The Morgan fingerprint density at radius 2 is 1.54 bits per heavy atom. The van der Waals surface area contributed by atoms with Gasteiger partial charge in [-0.1, -0.05) is 0 Å². The summed E-state index contributed by atoms with van der Waals surface area (Å²) >= 11 is 5.41. The van der Waals surface area contributed by atoms with E-state index in [0.717, 1.165) is 0 Å². The van der Waals surface area contributed by atoms with Crippen LogP contribution in [-0.4, -0.2) is 81.8 Å². The van der Waals surface area contributed by atoms with E-state index in [1.807, 2.05) is 6.26 Å². The molecule has 0 aromatic rings. The number of rotatable bonds is 13. The van der Waals surface area contributed by atoms with Gasteiger partial charge in [0, 0.05) is 5.75 Å². The summed E-state index contributed by atoms with van der Waals surface area (Å²) in [6.45, 7) is 1.24. The maximum absolute atomic E-state index is 12.4. The molecule has 13 heteroatoms. The van der Waals surface area contributed by atoms with Gasteiger partial charge in [0.2, 0.25) is 17.7 Å². The average molecular weight is 439 g/mol. The molecule has 0 aromatic heterocycles. The first-order chi connectivity index (χ1) is 13.0. The van der Waals surface area contributed by atoms with Gasteiger partial charge in [0.05, 0.1) is 12.5 Å². The first-order valence-corrected chi connectivity index (χ1v) is 10.3. The summed E-state index contributed by atoms with van der Waals surface area (Å²) in [6.07, 6.45) is 1.45. The summed E-state index contributed by atoms with van der Waals surface area (Å²) in [4.78, 5) is 58.3. The van der Waals surface area contributed by atoms with E-state index >= 15 is 0 Å². The van der Waals surface area contributed by atoms with Crippen molar-refractivity contribution in [2.24, 2.45) is 5.73 Å². The van der Waals surface area contributed by atoms with Crippen molar-refractivity contribution in [2.75, 3.05) is 17.8 Å². The number of aliphatic carboxylic acids is 2. The topological polar surface area (TPSA) is 188 Å². The zero-order valence-corrected chi connectivity index (χ0v) is 17.2. The first-order valence-electron chi connectivity index (χ1n) is 8.24. The molecule has 0 rings (SSSR count). The average Bonchev–Trinajstić information content (AvgIpc) is 2.62. The molecule has 0 bridgehead atoms. The normalized spacial score (nSPS) is 14.9. The molecule has 7 N–H and O–H groups in total. The van der Waals surface area contributed by atoms with Gasteiger partial charge in [0.1, 0.15) is 18.1 Å². The number of amides is 3. The molecule has 0 fully saturated rings. The summed E-state index contributed by atoms with van der Waals surface area (Å²) in [6, 6.07) is -4.80. The molecule has 0 aliphatic heterocycles. The molecule has 3 amide bonds. The first kappa shape index (κ1) is 26.0. The van der Waals surface area contributed by atoms with E-state index in [4.69, 9.17) is 15.9 Å². The quantitative estimate of drug-likeness (QED) is 0.160. The van der Waals surface area contributed by atoms with Crippen LogP contribution >= 0.6 is 24.4 Å². The van der Waals surface area contributed by atoms with E-state index in [2.05, 4.69) is 28.6 Å². The Labute approximate surface area is 172 Å². The Kier molecular flexibility index (Phi) is 12.3. The number of nitrogens with two attached hydrogens (primary N) is 1. The van der Waals surface area contributed by atoms with Crippen LogP contribution in [0.4, 0.5) is 0 Å². The Balaban J connectivity index is 5.07. The molecule has 0 radical (unpaired) electrons. The number of carbonyl (C=O) groups excluding carboxylic acids is 3. The number of hydrogen-bond acceptors (Lipinski definition) is 8. The van der Waals surface area contributed by atoms with Gasteiger partial charge in [-0.05, 0) is 25.4 Å². The predicted octanol–water partition coefficient (Wildman–Crippen LogP) is -1.97. The van der Waals surface area contributed by atoms with Crippen molar-refractivity contribution in [3.63, 3.8) is 0 Å². The SMILES string of the molecule is CSCCC(N)C(=O)NC(CC(=O)O)C(=O)NC(CS)C(=O)NC(C)C(=O)O. The lowest BCUT2D eigenvalue weighted by Crippen LogP contribution is -2.57. The van der Waals surface area contributed by atoms with E-state index < -0.39 is 60.2 Å². The molecule has 0 aliphatic rings. The molecule has 0 aliphatic carbocycles. The monoisotopic (exact) mass is 438 g/mol. The van der Waals surface area contributed by atoms with E-state index in [1.165, 1.54) is 18.7 Å². The predicted molar refractivity (Wildman–Crippen MR) is 106 cm³/mol. The number of carbonyl (C=O) groups is 5. The third-order valence-corrected chi connectivity index (χ3v) is 4.54. The maximum atomic E-state index is 12.4. The summed E-state index contributed by atoms with van der Waals surface area (Å²) in [7, 11) is 0. The highest BCUT2D eigenvalue weighted by molar-refractivity contribution is 7.98. The van der Waals surface area contributed by atoms with Crippen molar-refractivity contribution in [3.05, 3.63) is 0 Å².